The molecule has 0 unspecified atom stereocenters. The molecule has 8 heteroatoms. The second-order valence-corrected chi connectivity index (χ2v) is 6.93. The first-order valence-corrected chi connectivity index (χ1v) is 9.31. The van der Waals surface area contributed by atoms with E-state index in [9.17, 15) is 19.3 Å². The molecule has 1 amide bonds. The van der Waals surface area contributed by atoms with Crippen LogP contribution in [0.3, 0.4) is 0 Å². The van der Waals surface area contributed by atoms with Gasteiger partial charge in [0.05, 0.1) is 4.92 Å². The number of hydrogen-bond acceptors (Lipinski definition) is 4. The number of furan rings is 1. The van der Waals surface area contributed by atoms with E-state index in [-0.39, 0.29) is 17.3 Å². The summed E-state index contributed by atoms with van der Waals surface area (Å²) in [5, 5.41) is 14.7. The zero-order chi connectivity index (χ0) is 21.3. The molecule has 4 rings (SSSR count). The Morgan fingerprint density at radius 2 is 2.03 bits per heavy atom. The minimum absolute atomic E-state index is 0.00920. The SMILES string of the molecule is Cc1ccc(-c2ccc(C(=O)NCCc3c[nH]c4ccc(F)cc34)o2)cc1[N+](=O)[O-]. The number of benzene rings is 2. The number of amides is 1. The molecule has 2 heterocycles. The molecule has 0 spiro atoms. The maximum absolute atomic E-state index is 13.5. The second kappa shape index (κ2) is 7.82. The molecular formula is C22H18FN3O4. The van der Waals surface area contributed by atoms with Crippen molar-refractivity contribution in [3.63, 3.8) is 0 Å². The van der Waals surface area contributed by atoms with Crippen LogP contribution in [0.4, 0.5) is 10.1 Å². The molecule has 30 heavy (non-hydrogen) atoms. The summed E-state index contributed by atoms with van der Waals surface area (Å²) in [6.07, 6.45) is 2.32. The predicted molar refractivity (Wildman–Crippen MR) is 110 cm³/mol. The second-order valence-electron chi connectivity index (χ2n) is 6.93. The van der Waals surface area contributed by atoms with E-state index in [1.807, 2.05) is 0 Å². The zero-order valence-electron chi connectivity index (χ0n) is 16.1. The fourth-order valence-electron chi connectivity index (χ4n) is 3.33. The van der Waals surface area contributed by atoms with Crippen LogP contribution in [0.5, 0.6) is 0 Å². The van der Waals surface area contributed by atoms with E-state index >= 15 is 0 Å². The van der Waals surface area contributed by atoms with Crippen LogP contribution in [0.25, 0.3) is 22.2 Å². The maximum atomic E-state index is 13.5. The number of aromatic amines is 1. The Morgan fingerprint density at radius 1 is 1.20 bits per heavy atom. The van der Waals surface area contributed by atoms with Gasteiger partial charge in [-0.3, -0.25) is 14.9 Å². The number of aromatic nitrogens is 1. The highest BCUT2D eigenvalue weighted by Crippen LogP contribution is 2.28. The van der Waals surface area contributed by atoms with Gasteiger partial charge in [0.25, 0.3) is 11.6 Å². The summed E-state index contributed by atoms with van der Waals surface area (Å²) in [7, 11) is 0. The molecule has 4 aromatic rings. The number of carbonyl (C=O) groups is 1. The molecule has 0 radical (unpaired) electrons. The first kappa shape index (κ1) is 19.4. The average molecular weight is 407 g/mol. The van der Waals surface area contributed by atoms with E-state index in [0.717, 1.165) is 16.5 Å². The molecule has 0 saturated carbocycles. The van der Waals surface area contributed by atoms with E-state index in [1.165, 1.54) is 24.3 Å². The predicted octanol–water partition coefficient (Wildman–Crippen LogP) is 4.76. The van der Waals surface area contributed by atoms with Crippen molar-refractivity contribution in [3.8, 4) is 11.3 Å². The highest BCUT2D eigenvalue weighted by atomic mass is 19.1. The van der Waals surface area contributed by atoms with Gasteiger partial charge in [-0.25, -0.2) is 4.39 Å². The number of rotatable bonds is 6. The average Bonchev–Trinajstić information content (AvgIpc) is 3.36. The van der Waals surface area contributed by atoms with Crippen molar-refractivity contribution in [2.75, 3.05) is 6.54 Å². The molecule has 0 atom stereocenters. The number of H-pyrrole nitrogens is 1. The third-order valence-corrected chi connectivity index (χ3v) is 4.93. The summed E-state index contributed by atoms with van der Waals surface area (Å²) >= 11 is 0. The van der Waals surface area contributed by atoms with Gasteiger partial charge in [0.15, 0.2) is 5.76 Å². The molecule has 2 aromatic heterocycles. The molecule has 0 fully saturated rings. The highest BCUT2D eigenvalue weighted by molar-refractivity contribution is 5.92. The number of aryl methyl sites for hydroxylation is 1. The van der Waals surface area contributed by atoms with Crippen molar-refractivity contribution in [2.24, 2.45) is 0 Å². The fourth-order valence-corrected chi connectivity index (χ4v) is 3.33. The van der Waals surface area contributed by atoms with Crippen molar-refractivity contribution in [2.45, 2.75) is 13.3 Å². The van der Waals surface area contributed by atoms with Gasteiger partial charge < -0.3 is 14.7 Å². The van der Waals surface area contributed by atoms with Gasteiger partial charge in [-0.1, -0.05) is 12.1 Å². The van der Waals surface area contributed by atoms with Crippen molar-refractivity contribution >= 4 is 22.5 Å². The molecule has 0 aliphatic carbocycles. The lowest BCUT2D eigenvalue weighted by Crippen LogP contribution is -2.25. The van der Waals surface area contributed by atoms with Crippen molar-refractivity contribution < 1.29 is 18.5 Å². The Labute approximate surface area is 170 Å². The third kappa shape index (κ3) is 3.80. The lowest BCUT2D eigenvalue weighted by Gasteiger charge is -2.03. The van der Waals surface area contributed by atoms with Gasteiger partial charge in [-0.15, -0.1) is 0 Å². The van der Waals surface area contributed by atoms with Crippen molar-refractivity contribution in [1.82, 2.24) is 10.3 Å². The van der Waals surface area contributed by atoms with Crippen LogP contribution in [0, 0.1) is 22.9 Å². The number of nitrogens with zero attached hydrogens (tertiary/aromatic N) is 1. The Balaban J connectivity index is 1.42. The largest absolute Gasteiger partial charge is 0.451 e. The Bertz CT molecular complexity index is 1260. The van der Waals surface area contributed by atoms with Crippen LogP contribution in [0.15, 0.2) is 59.1 Å². The van der Waals surface area contributed by atoms with E-state index in [4.69, 9.17) is 4.42 Å². The fraction of sp³-hybridized carbons (Fsp3) is 0.136. The van der Waals surface area contributed by atoms with Crippen LogP contribution in [-0.2, 0) is 6.42 Å². The van der Waals surface area contributed by atoms with E-state index in [0.29, 0.717) is 29.9 Å². The topological polar surface area (TPSA) is 101 Å². The van der Waals surface area contributed by atoms with Gasteiger partial charge >= 0.3 is 0 Å². The third-order valence-electron chi connectivity index (χ3n) is 4.93. The van der Waals surface area contributed by atoms with Crippen LogP contribution in [0.2, 0.25) is 0 Å². The lowest BCUT2D eigenvalue weighted by atomic mass is 10.1. The maximum Gasteiger partial charge on any atom is 0.287 e. The molecule has 0 saturated heterocycles. The quantitative estimate of drug-likeness (QED) is 0.355. The number of nitrogens with one attached hydrogen (secondary N) is 2. The van der Waals surface area contributed by atoms with Gasteiger partial charge in [0.2, 0.25) is 0 Å². The number of nitro groups is 1. The van der Waals surface area contributed by atoms with Gasteiger partial charge in [-0.05, 0) is 49.2 Å². The monoisotopic (exact) mass is 407 g/mol. The number of hydrogen-bond donors (Lipinski definition) is 2. The van der Waals surface area contributed by atoms with E-state index < -0.39 is 10.8 Å². The molecule has 7 nitrogen and oxygen atoms in total. The Hall–Kier alpha value is -3.94. The summed E-state index contributed by atoms with van der Waals surface area (Å²) in [4.78, 5) is 26.1. The van der Waals surface area contributed by atoms with Crippen molar-refractivity contribution in [3.05, 3.63) is 87.5 Å². The number of fused-ring (bicyclic) bond motifs is 1. The summed E-state index contributed by atoms with van der Waals surface area (Å²) in [5.74, 6) is -0.228. The number of nitro benzene ring substituents is 1. The van der Waals surface area contributed by atoms with E-state index in [1.54, 1.807) is 37.4 Å². The van der Waals surface area contributed by atoms with Gasteiger partial charge in [0, 0.05) is 40.8 Å². The standard InChI is InChI=1S/C22H18FN3O4/c1-13-2-3-14(10-19(13)26(28)29)20-6-7-21(30-20)22(27)24-9-8-15-12-25-18-5-4-16(23)11-17(15)18/h2-7,10-12,25H,8-9H2,1H3,(H,24,27). The normalized spacial score (nSPS) is 11.0. The summed E-state index contributed by atoms with van der Waals surface area (Å²) in [5.41, 5.74) is 2.79. The molecular weight excluding hydrogens is 389 g/mol. The number of carbonyl (C=O) groups excluding carboxylic acids is 1. The zero-order valence-corrected chi connectivity index (χ0v) is 16.1. The van der Waals surface area contributed by atoms with Gasteiger partial charge in [0.1, 0.15) is 11.6 Å². The molecule has 152 valence electrons. The summed E-state index contributed by atoms with van der Waals surface area (Å²) in [6, 6.07) is 12.4. The van der Waals surface area contributed by atoms with Crippen LogP contribution >= 0.6 is 0 Å². The van der Waals surface area contributed by atoms with Crippen LogP contribution in [-0.4, -0.2) is 22.4 Å². The van der Waals surface area contributed by atoms with Crippen molar-refractivity contribution in [1.29, 1.82) is 0 Å². The first-order valence-electron chi connectivity index (χ1n) is 9.31. The van der Waals surface area contributed by atoms with Crippen LogP contribution in [0.1, 0.15) is 21.7 Å². The lowest BCUT2D eigenvalue weighted by molar-refractivity contribution is -0.385. The minimum atomic E-state index is -0.452. The molecule has 2 N–H and O–H groups in total. The van der Waals surface area contributed by atoms with Crippen LogP contribution < -0.4 is 5.32 Å². The molecule has 2 aromatic carbocycles. The first-order chi connectivity index (χ1) is 14.4. The smallest absolute Gasteiger partial charge is 0.287 e. The van der Waals surface area contributed by atoms with E-state index in [2.05, 4.69) is 10.3 Å². The summed E-state index contributed by atoms with van der Waals surface area (Å²) < 4.78 is 19.1. The molecule has 0 aliphatic heterocycles. The molecule has 0 aliphatic rings. The summed E-state index contributed by atoms with van der Waals surface area (Å²) in [6.45, 7) is 2.00. The Kier molecular flexibility index (Phi) is 5.05. The highest BCUT2D eigenvalue weighted by Gasteiger charge is 2.16. The minimum Gasteiger partial charge on any atom is -0.451 e. The van der Waals surface area contributed by atoms with Gasteiger partial charge in [-0.2, -0.15) is 0 Å². The molecule has 0 bridgehead atoms. The number of halogens is 1. The Morgan fingerprint density at radius 3 is 2.83 bits per heavy atom.